The van der Waals surface area contributed by atoms with Crippen molar-refractivity contribution in [3.05, 3.63) is 34.0 Å². The summed E-state index contributed by atoms with van der Waals surface area (Å²) in [6, 6.07) is 0.154. The highest BCUT2D eigenvalue weighted by Crippen LogP contribution is 2.31. The van der Waals surface area contributed by atoms with Gasteiger partial charge in [0.25, 0.3) is 0 Å². The SMILES string of the molecule is COc1ncc(-c2ncnc(Cl)c2[N+](=O)[O-])cn1. The van der Waals surface area contributed by atoms with E-state index in [1.165, 1.54) is 19.5 Å². The van der Waals surface area contributed by atoms with E-state index in [1.54, 1.807) is 0 Å². The van der Waals surface area contributed by atoms with Crippen LogP contribution in [0.4, 0.5) is 5.69 Å². The summed E-state index contributed by atoms with van der Waals surface area (Å²) in [4.78, 5) is 25.3. The molecule has 2 rings (SSSR count). The average molecular weight is 268 g/mol. The monoisotopic (exact) mass is 267 g/mol. The highest BCUT2D eigenvalue weighted by molar-refractivity contribution is 6.31. The molecule has 0 saturated carbocycles. The second kappa shape index (κ2) is 4.88. The fourth-order valence-corrected chi connectivity index (χ4v) is 1.48. The molecule has 0 bridgehead atoms. The van der Waals surface area contributed by atoms with Crippen LogP contribution in [0.25, 0.3) is 11.3 Å². The van der Waals surface area contributed by atoms with E-state index in [-0.39, 0.29) is 22.5 Å². The molecule has 0 amide bonds. The zero-order chi connectivity index (χ0) is 13.1. The molecule has 92 valence electrons. The Labute approximate surface area is 106 Å². The maximum Gasteiger partial charge on any atom is 0.332 e. The Morgan fingerprint density at radius 2 is 1.94 bits per heavy atom. The number of nitrogens with zero attached hydrogens (tertiary/aromatic N) is 5. The summed E-state index contributed by atoms with van der Waals surface area (Å²) in [6.45, 7) is 0. The van der Waals surface area contributed by atoms with Gasteiger partial charge < -0.3 is 4.74 Å². The molecule has 0 saturated heterocycles. The average Bonchev–Trinajstić information content (AvgIpc) is 2.38. The van der Waals surface area contributed by atoms with Crippen LogP contribution in [0, 0.1) is 10.1 Å². The van der Waals surface area contributed by atoms with Crippen molar-refractivity contribution in [1.29, 1.82) is 0 Å². The lowest BCUT2D eigenvalue weighted by Crippen LogP contribution is -1.99. The number of aromatic nitrogens is 4. The van der Waals surface area contributed by atoms with Crippen LogP contribution in [0.3, 0.4) is 0 Å². The van der Waals surface area contributed by atoms with Gasteiger partial charge in [-0.2, -0.15) is 0 Å². The Kier molecular flexibility index (Phi) is 3.28. The number of methoxy groups -OCH3 is 1. The lowest BCUT2D eigenvalue weighted by atomic mass is 10.2. The Hall–Kier alpha value is -2.35. The first-order valence-corrected chi connectivity index (χ1v) is 5.02. The van der Waals surface area contributed by atoms with E-state index < -0.39 is 4.92 Å². The van der Waals surface area contributed by atoms with Crippen molar-refractivity contribution in [3.8, 4) is 17.3 Å². The molecule has 2 aromatic rings. The number of nitro groups is 1. The van der Waals surface area contributed by atoms with Crippen LogP contribution in [0.5, 0.6) is 6.01 Å². The molecule has 0 spiro atoms. The van der Waals surface area contributed by atoms with Gasteiger partial charge in [0.15, 0.2) is 5.69 Å². The third-order valence-electron chi connectivity index (χ3n) is 2.04. The summed E-state index contributed by atoms with van der Waals surface area (Å²) < 4.78 is 4.79. The minimum atomic E-state index is -0.651. The molecular formula is C9H6ClN5O3. The largest absolute Gasteiger partial charge is 0.467 e. The molecular weight excluding hydrogens is 262 g/mol. The number of rotatable bonds is 3. The van der Waals surface area contributed by atoms with E-state index in [9.17, 15) is 10.1 Å². The highest BCUT2D eigenvalue weighted by atomic mass is 35.5. The summed E-state index contributed by atoms with van der Waals surface area (Å²) in [5, 5.41) is 10.7. The molecule has 0 fully saturated rings. The molecule has 0 N–H and O–H groups in total. The molecule has 0 aliphatic heterocycles. The van der Waals surface area contributed by atoms with E-state index in [2.05, 4.69) is 19.9 Å². The smallest absolute Gasteiger partial charge is 0.332 e. The van der Waals surface area contributed by atoms with Crippen molar-refractivity contribution in [2.45, 2.75) is 0 Å². The van der Waals surface area contributed by atoms with Gasteiger partial charge in [0, 0.05) is 18.0 Å². The molecule has 9 heteroatoms. The van der Waals surface area contributed by atoms with E-state index in [1.807, 2.05) is 0 Å². The molecule has 0 aliphatic rings. The zero-order valence-electron chi connectivity index (χ0n) is 9.07. The third kappa shape index (κ3) is 2.18. The van der Waals surface area contributed by atoms with E-state index in [4.69, 9.17) is 16.3 Å². The van der Waals surface area contributed by atoms with Gasteiger partial charge in [-0.25, -0.2) is 19.9 Å². The fourth-order valence-electron chi connectivity index (χ4n) is 1.27. The van der Waals surface area contributed by atoms with E-state index >= 15 is 0 Å². The quantitative estimate of drug-likeness (QED) is 0.471. The van der Waals surface area contributed by atoms with Crippen LogP contribution in [0.1, 0.15) is 0 Å². The van der Waals surface area contributed by atoms with E-state index in [0.717, 1.165) is 6.33 Å². The Bertz CT molecular complexity index is 589. The normalized spacial score (nSPS) is 10.1. The Balaban J connectivity index is 2.56. The van der Waals surface area contributed by atoms with Gasteiger partial charge in [-0.15, -0.1) is 0 Å². The number of hydrogen-bond donors (Lipinski definition) is 0. The molecule has 0 unspecified atom stereocenters. The van der Waals surface area contributed by atoms with Crippen LogP contribution < -0.4 is 4.74 Å². The van der Waals surface area contributed by atoms with Gasteiger partial charge >= 0.3 is 11.7 Å². The lowest BCUT2D eigenvalue weighted by Gasteiger charge is -2.02. The minimum absolute atomic E-state index is 0.0580. The first-order valence-electron chi connectivity index (χ1n) is 4.64. The van der Waals surface area contributed by atoms with Crippen molar-refractivity contribution in [2.24, 2.45) is 0 Å². The van der Waals surface area contributed by atoms with Crippen molar-refractivity contribution < 1.29 is 9.66 Å². The topological polar surface area (TPSA) is 104 Å². The number of hydrogen-bond acceptors (Lipinski definition) is 7. The molecule has 8 nitrogen and oxygen atoms in total. The molecule has 2 heterocycles. The van der Waals surface area contributed by atoms with Gasteiger partial charge in [-0.3, -0.25) is 10.1 Å². The van der Waals surface area contributed by atoms with Crippen LogP contribution in [0.15, 0.2) is 18.7 Å². The van der Waals surface area contributed by atoms with E-state index in [0.29, 0.717) is 5.56 Å². The molecule has 2 aromatic heterocycles. The summed E-state index contributed by atoms with van der Waals surface area (Å²) in [6.07, 6.45) is 3.85. The van der Waals surface area contributed by atoms with Crippen LogP contribution >= 0.6 is 11.6 Å². The van der Waals surface area contributed by atoms with Crippen LogP contribution in [0.2, 0.25) is 5.15 Å². The summed E-state index contributed by atoms with van der Waals surface area (Å²) in [5.74, 6) is 0. The summed E-state index contributed by atoms with van der Waals surface area (Å²) in [5.41, 5.74) is 0.0300. The maximum absolute atomic E-state index is 10.9. The first-order chi connectivity index (χ1) is 8.63. The van der Waals surface area contributed by atoms with Gasteiger partial charge in [0.2, 0.25) is 5.15 Å². The van der Waals surface area contributed by atoms with Crippen LogP contribution in [-0.4, -0.2) is 32.0 Å². The Morgan fingerprint density at radius 3 is 2.50 bits per heavy atom. The number of halogens is 1. The summed E-state index contributed by atoms with van der Waals surface area (Å²) >= 11 is 5.67. The van der Waals surface area contributed by atoms with Crippen LogP contribution in [-0.2, 0) is 0 Å². The number of ether oxygens (including phenoxy) is 1. The Morgan fingerprint density at radius 1 is 1.28 bits per heavy atom. The molecule has 0 atom stereocenters. The van der Waals surface area contributed by atoms with Gasteiger partial charge in [-0.05, 0) is 0 Å². The highest BCUT2D eigenvalue weighted by Gasteiger charge is 2.23. The minimum Gasteiger partial charge on any atom is -0.467 e. The predicted molar refractivity (Wildman–Crippen MR) is 61.3 cm³/mol. The molecule has 18 heavy (non-hydrogen) atoms. The standard InChI is InChI=1S/C9H6ClN5O3/c1-18-9-11-2-5(3-12-9)6-7(15(16)17)8(10)14-4-13-6/h2-4H,1H3. The summed E-state index contributed by atoms with van der Waals surface area (Å²) in [7, 11) is 1.42. The fraction of sp³-hybridized carbons (Fsp3) is 0.111. The second-order valence-electron chi connectivity index (χ2n) is 3.08. The third-order valence-corrected chi connectivity index (χ3v) is 2.32. The van der Waals surface area contributed by atoms with Gasteiger partial charge in [0.1, 0.15) is 6.33 Å². The molecule has 0 aromatic carbocycles. The van der Waals surface area contributed by atoms with Gasteiger partial charge in [-0.1, -0.05) is 11.6 Å². The van der Waals surface area contributed by atoms with Crippen molar-refractivity contribution in [3.63, 3.8) is 0 Å². The molecule has 0 aliphatic carbocycles. The maximum atomic E-state index is 10.9. The first kappa shape index (κ1) is 12.1. The van der Waals surface area contributed by atoms with Crippen molar-refractivity contribution in [1.82, 2.24) is 19.9 Å². The second-order valence-corrected chi connectivity index (χ2v) is 3.44. The van der Waals surface area contributed by atoms with Gasteiger partial charge in [0.05, 0.1) is 12.0 Å². The zero-order valence-corrected chi connectivity index (χ0v) is 9.83. The van der Waals surface area contributed by atoms with Crippen molar-refractivity contribution in [2.75, 3.05) is 7.11 Å². The van der Waals surface area contributed by atoms with Crippen molar-refractivity contribution >= 4 is 17.3 Å². The lowest BCUT2D eigenvalue weighted by molar-refractivity contribution is -0.384. The molecule has 0 radical (unpaired) electrons. The predicted octanol–water partition coefficient (Wildman–Crippen LogP) is 1.50.